The van der Waals surface area contributed by atoms with E-state index >= 15 is 0 Å². The molecule has 3 nitrogen and oxygen atoms in total. The fourth-order valence-corrected chi connectivity index (χ4v) is 2.32. The van der Waals surface area contributed by atoms with E-state index in [0.29, 0.717) is 0 Å². The summed E-state index contributed by atoms with van der Waals surface area (Å²) in [6.45, 7) is 1.80. The van der Waals surface area contributed by atoms with Gasteiger partial charge in [-0.2, -0.15) is 0 Å². The third-order valence-corrected chi connectivity index (χ3v) is 3.63. The van der Waals surface area contributed by atoms with Crippen molar-refractivity contribution in [3.63, 3.8) is 0 Å². The summed E-state index contributed by atoms with van der Waals surface area (Å²) in [5, 5.41) is 12.4. The lowest BCUT2D eigenvalue weighted by Crippen LogP contribution is -2.35. The molecular formula is C12H13IN2OS. The van der Waals surface area contributed by atoms with Crippen LogP contribution < -0.4 is 4.90 Å². The maximum atomic E-state index is 9.45. The first-order valence-electron chi connectivity index (χ1n) is 5.47. The van der Waals surface area contributed by atoms with Gasteiger partial charge in [0.05, 0.1) is 18.0 Å². The zero-order valence-electron chi connectivity index (χ0n) is 9.27. The first-order chi connectivity index (χ1) is 8.29. The molecule has 17 heavy (non-hydrogen) atoms. The minimum absolute atomic E-state index is 0.134. The number of aromatic nitrogens is 1. The zero-order valence-corrected chi connectivity index (χ0v) is 12.2. The highest BCUT2D eigenvalue weighted by molar-refractivity contribution is 14.2. The molecule has 1 aromatic rings. The first-order valence-corrected chi connectivity index (χ1v) is 8.83. The molecule has 0 aromatic carbocycles. The molecule has 5 heteroatoms. The van der Waals surface area contributed by atoms with Gasteiger partial charge in [0.1, 0.15) is 5.69 Å². The molecule has 0 bridgehead atoms. The molecule has 1 aliphatic heterocycles. The van der Waals surface area contributed by atoms with E-state index in [1.165, 1.54) is 8.93 Å². The Morgan fingerprint density at radius 1 is 1.41 bits per heavy atom. The second-order valence-corrected chi connectivity index (χ2v) is 5.60. The lowest BCUT2D eigenvalue weighted by atomic mass is 10.1. The van der Waals surface area contributed by atoms with Gasteiger partial charge in [0.25, 0.3) is 0 Å². The number of rotatable bonds is 1. The van der Waals surface area contributed by atoms with E-state index in [1.54, 1.807) is 0 Å². The second-order valence-electron chi connectivity index (χ2n) is 3.92. The predicted molar refractivity (Wildman–Crippen MR) is 80.2 cm³/mol. The highest BCUT2D eigenvalue weighted by Crippen LogP contribution is 2.19. The second kappa shape index (κ2) is 6.47. The van der Waals surface area contributed by atoms with Crippen LogP contribution >= 0.6 is 30.1 Å². The van der Waals surface area contributed by atoms with Crippen molar-refractivity contribution in [2.75, 3.05) is 18.0 Å². The van der Waals surface area contributed by atoms with Gasteiger partial charge in [0, 0.05) is 34.3 Å². The van der Waals surface area contributed by atoms with E-state index in [9.17, 15) is 5.11 Å². The lowest BCUT2D eigenvalue weighted by molar-refractivity contribution is 0.145. The average Bonchev–Trinajstić information content (AvgIpc) is 2.38. The molecule has 0 spiro atoms. The molecular weight excluding hydrogens is 347 g/mol. The molecule has 1 N–H and O–H groups in total. The number of nitrogens with zero attached hydrogens (tertiary/aromatic N) is 2. The summed E-state index contributed by atoms with van der Waals surface area (Å²) < 4.78 is 0. The van der Waals surface area contributed by atoms with E-state index in [4.69, 9.17) is 0 Å². The Morgan fingerprint density at radius 3 is 2.76 bits per heavy atom. The molecule has 0 saturated carbocycles. The van der Waals surface area contributed by atoms with Gasteiger partial charge in [0.2, 0.25) is 0 Å². The van der Waals surface area contributed by atoms with Crippen LogP contribution in [0.1, 0.15) is 18.5 Å². The molecule has 1 saturated heterocycles. The van der Waals surface area contributed by atoms with Crippen molar-refractivity contribution in [1.82, 2.24) is 4.98 Å². The van der Waals surface area contributed by atoms with Gasteiger partial charge in [-0.3, -0.25) is 0 Å². The predicted octanol–water partition coefficient (Wildman–Crippen LogP) is 2.43. The number of hydrogen-bond acceptors (Lipinski definition) is 4. The van der Waals surface area contributed by atoms with Crippen molar-refractivity contribution in [1.29, 1.82) is 0 Å². The molecule has 0 amide bonds. The third kappa shape index (κ3) is 3.76. The summed E-state index contributed by atoms with van der Waals surface area (Å²) in [4.78, 5) is 6.57. The van der Waals surface area contributed by atoms with Gasteiger partial charge < -0.3 is 10.0 Å². The van der Waals surface area contributed by atoms with Gasteiger partial charge in [-0.05, 0) is 45.1 Å². The minimum Gasteiger partial charge on any atom is -0.393 e. The van der Waals surface area contributed by atoms with Gasteiger partial charge in [0.15, 0.2) is 0 Å². The molecule has 90 valence electrons. The molecule has 2 heterocycles. The number of piperidine rings is 1. The Bertz CT molecular complexity index is 418. The number of pyridine rings is 1. The third-order valence-electron chi connectivity index (χ3n) is 2.80. The molecule has 2 rings (SSSR count). The topological polar surface area (TPSA) is 36.4 Å². The van der Waals surface area contributed by atoms with Crippen LogP contribution in [0.2, 0.25) is 0 Å². The maximum absolute atomic E-state index is 9.45. The van der Waals surface area contributed by atoms with Gasteiger partial charge in [-0.25, -0.2) is 4.98 Å². The Labute approximate surface area is 118 Å². The minimum atomic E-state index is -0.134. The van der Waals surface area contributed by atoms with Crippen LogP contribution in [0.15, 0.2) is 18.3 Å². The molecule has 0 atom stereocenters. The Kier molecular flexibility index (Phi) is 4.95. The maximum Gasteiger partial charge on any atom is 0.114 e. The summed E-state index contributed by atoms with van der Waals surface area (Å²) in [5.74, 6) is 2.97. The van der Waals surface area contributed by atoms with Crippen LogP contribution in [0.25, 0.3) is 0 Å². The van der Waals surface area contributed by atoms with Crippen LogP contribution in [0, 0.1) is 11.2 Å². The van der Waals surface area contributed by atoms with Crippen LogP contribution in [-0.4, -0.2) is 29.3 Å². The Morgan fingerprint density at radius 2 is 2.18 bits per heavy atom. The fourth-order valence-electron chi connectivity index (χ4n) is 1.84. The van der Waals surface area contributed by atoms with E-state index < -0.39 is 0 Å². The fraction of sp³-hybridized carbons (Fsp3) is 0.417. The van der Waals surface area contributed by atoms with Crippen molar-refractivity contribution in [2.24, 2.45) is 0 Å². The largest absolute Gasteiger partial charge is 0.393 e. The number of halogens is 1. The van der Waals surface area contributed by atoms with Crippen molar-refractivity contribution in [3.8, 4) is 11.2 Å². The van der Waals surface area contributed by atoms with Crippen LogP contribution in [0.3, 0.4) is 0 Å². The molecule has 0 aliphatic carbocycles. The molecule has 1 aromatic heterocycles. The summed E-state index contributed by atoms with van der Waals surface area (Å²) in [6, 6.07) is 3.99. The van der Waals surface area contributed by atoms with E-state index in [0.717, 1.165) is 37.3 Å². The standard InChI is InChI=1S/C12H13IN2OS/c13-17-8-5-10-1-2-11(9-14-10)15-6-3-12(16)4-7-15/h1-2,9,12,16H,3-4,6-7H2. The summed E-state index contributed by atoms with van der Waals surface area (Å²) in [7, 11) is 1.46. The van der Waals surface area contributed by atoms with Crippen molar-refractivity contribution in [3.05, 3.63) is 24.0 Å². The van der Waals surface area contributed by atoms with E-state index in [-0.39, 0.29) is 6.10 Å². The number of anilines is 1. The first kappa shape index (κ1) is 13.0. The van der Waals surface area contributed by atoms with E-state index in [2.05, 4.69) is 42.3 Å². The lowest BCUT2D eigenvalue weighted by Gasteiger charge is -2.31. The SMILES string of the molecule is OC1CCN(c2ccc(C#CSI)nc2)CC1. The number of aliphatic hydroxyl groups excluding tert-OH is 1. The quantitative estimate of drug-likeness (QED) is 0.617. The van der Waals surface area contributed by atoms with Crippen LogP contribution in [0.4, 0.5) is 5.69 Å². The van der Waals surface area contributed by atoms with E-state index in [1.807, 2.05) is 18.3 Å². The number of aliphatic hydroxyl groups is 1. The molecule has 1 aliphatic rings. The van der Waals surface area contributed by atoms with Crippen molar-refractivity contribution in [2.45, 2.75) is 18.9 Å². The van der Waals surface area contributed by atoms with Gasteiger partial charge >= 0.3 is 0 Å². The summed E-state index contributed by atoms with van der Waals surface area (Å²) in [5.41, 5.74) is 1.92. The normalized spacial score (nSPS) is 16.5. The highest BCUT2D eigenvalue weighted by atomic mass is 127. The van der Waals surface area contributed by atoms with Crippen LogP contribution in [-0.2, 0) is 0 Å². The summed E-state index contributed by atoms with van der Waals surface area (Å²) in [6.07, 6.45) is 3.41. The Balaban J connectivity index is 2.02. The van der Waals surface area contributed by atoms with Crippen LogP contribution in [0.5, 0.6) is 0 Å². The van der Waals surface area contributed by atoms with Gasteiger partial charge in [-0.15, -0.1) is 0 Å². The average molecular weight is 360 g/mol. The summed E-state index contributed by atoms with van der Waals surface area (Å²) >= 11 is 2.14. The van der Waals surface area contributed by atoms with Crippen molar-refractivity contribution < 1.29 is 5.11 Å². The monoisotopic (exact) mass is 360 g/mol. The smallest absolute Gasteiger partial charge is 0.114 e. The van der Waals surface area contributed by atoms with Crippen molar-refractivity contribution >= 4 is 35.8 Å². The molecule has 0 radical (unpaired) electrons. The Hall–Kier alpha value is -0.450. The number of hydrogen-bond donors (Lipinski definition) is 1. The van der Waals surface area contributed by atoms with Gasteiger partial charge in [-0.1, -0.05) is 0 Å². The zero-order chi connectivity index (χ0) is 12.1. The molecule has 1 fully saturated rings. The highest BCUT2D eigenvalue weighted by Gasteiger charge is 2.17. The molecule has 0 unspecified atom stereocenters.